The fourth-order valence-corrected chi connectivity index (χ4v) is 4.15. The average molecular weight is 467 g/mol. The predicted molar refractivity (Wildman–Crippen MR) is 115 cm³/mol. The first-order valence-corrected chi connectivity index (χ1v) is 11.5. The van der Waals surface area contributed by atoms with Crippen LogP contribution in [0.1, 0.15) is 4.88 Å². The van der Waals surface area contributed by atoms with E-state index in [1.165, 1.54) is 24.3 Å². The fraction of sp³-hybridized carbons (Fsp3) is 0.0952. The van der Waals surface area contributed by atoms with Crippen molar-refractivity contribution in [3.8, 4) is 16.9 Å². The molecule has 2 aromatic carbocycles. The molecule has 0 aliphatic heterocycles. The molecule has 0 bridgehead atoms. The normalized spacial score (nSPS) is 13.4. The number of phenols is 1. The summed E-state index contributed by atoms with van der Waals surface area (Å²) in [6, 6.07) is 13.8. The molecule has 162 valence electrons. The van der Waals surface area contributed by atoms with Gasteiger partial charge in [0.1, 0.15) is 17.1 Å². The first kappa shape index (κ1) is 22.6. The molecule has 0 saturated carbocycles. The number of nitrogens with zero attached hydrogens (tertiary/aromatic N) is 1. The van der Waals surface area contributed by atoms with Crippen molar-refractivity contribution in [2.75, 3.05) is 6.26 Å². The highest BCUT2D eigenvalue weighted by Crippen LogP contribution is 2.32. The van der Waals surface area contributed by atoms with Crippen LogP contribution in [0.25, 0.3) is 11.1 Å². The number of phenolic OH excluding ortho intramolecular Hbond substituents is 1. The largest absolute Gasteiger partial charge is 0.506 e. The number of thiophene rings is 1. The van der Waals surface area contributed by atoms with Crippen LogP contribution in [-0.4, -0.2) is 31.7 Å². The zero-order valence-electron chi connectivity index (χ0n) is 16.1. The summed E-state index contributed by atoms with van der Waals surface area (Å²) in [5, 5.41) is 11.6. The summed E-state index contributed by atoms with van der Waals surface area (Å²) in [5.41, 5.74) is 5.04. The quantitative estimate of drug-likeness (QED) is 0.515. The average Bonchev–Trinajstić information content (AvgIpc) is 3.18. The summed E-state index contributed by atoms with van der Waals surface area (Å²) >= 11 is 1.11. The number of rotatable bonds is 5. The molecule has 0 aliphatic rings. The lowest BCUT2D eigenvalue weighted by Crippen LogP contribution is -2.20. The van der Waals surface area contributed by atoms with Crippen LogP contribution < -0.4 is 5.73 Å². The third-order valence-electron chi connectivity index (χ3n) is 4.19. The number of allylic oxidation sites excluding steroid dienone is 2. The Morgan fingerprint density at radius 2 is 1.81 bits per heavy atom. The number of para-hydroxylation sites is 2. The Hall–Kier alpha value is -3.11. The van der Waals surface area contributed by atoms with Gasteiger partial charge in [-0.15, -0.1) is 11.3 Å². The van der Waals surface area contributed by atoms with Gasteiger partial charge in [0.2, 0.25) is 0 Å². The van der Waals surface area contributed by atoms with Crippen molar-refractivity contribution in [2.24, 2.45) is 10.7 Å². The highest BCUT2D eigenvalue weighted by molar-refractivity contribution is 7.90. The van der Waals surface area contributed by atoms with Crippen LogP contribution in [0.4, 0.5) is 18.9 Å². The zero-order valence-corrected chi connectivity index (χ0v) is 17.7. The number of aliphatic imine (C=N–C) groups is 1. The molecule has 1 aromatic heterocycles. The molecule has 0 aliphatic carbocycles. The molecule has 10 heteroatoms. The number of hydrogen-bond acceptors (Lipinski definition) is 6. The van der Waals surface area contributed by atoms with Crippen molar-refractivity contribution in [1.29, 1.82) is 0 Å². The standard InChI is InChI=1S/C21H17F3N2O3S2/c1-31(28,29)15-6-4-5-13(9-15)14-10-19(30-12-14)17(11-20(25)21(22,23)24)26-16-7-2-3-8-18(16)27/h2-12,27H,25H2,1H3/b20-11-,26-17?. The van der Waals surface area contributed by atoms with Gasteiger partial charge in [-0.3, -0.25) is 0 Å². The molecule has 0 atom stereocenters. The summed E-state index contributed by atoms with van der Waals surface area (Å²) < 4.78 is 62.7. The van der Waals surface area contributed by atoms with Gasteiger partial charge in [-0.2, -0.15) is 13.2 Å². The summed E-state index contributed by atoms with van der Waals surface area (Å²) in [4.78, 5) is 4.65. The van der Waals surface area contributed by atoms with E-state index in [1.54, 1.807) is 35.7 Å². The second-order valence-corrected chi connectivity index (χ2v) is 9.51. The van der Waals surface area contributed by atoms with Gasteiger partial charge in [0, 0.05) is 6.26 Å². The van der Waals surface area contributed by atoms with Crippen molar-refractivity contribution in [2.45, 2.75) is 11.1 Å². The maximum Gasteiger partial charge on any atom is 0.430 e. The van der Waals surface area contributed by atoms with E-state index >= 15 is 0 Å². The van der Waals surface area contributed by atoms with Crippen molar-refractivity contribution >= 4 is 32.6 Å². The molecule has 0 unspecified atom stereocenters. The Kier molecular flexibility index (Phi) is 6.23. The van der Waals surface area contributed by atoms with Gasteiger partial charge in [-0.05, 0) is 52.9 Å². The summed E-state index contributed by atoms with van der Waals surface area (Å²) in [7, 11) is -3.42. The van der Waals surface area contributed by atoms with Gasteiger partial charge in [0.25, 0.3) is 0 Å². The lowest BCUT2D eigenvalue weighted by Gasteiger charge is -2.08. The van der Waals surface area contributed by atoms with E-state index in [4.69, 9.17) is 5.73 Å². The van der Waals surface area contributed by atoms with Crippen LogP contribution in [0.2, 0.25) is 0 Å². The van der Waals surface area contributed by atoms with Crippen LogP contribution >= 0.6 is 11.3 Å². The Bertz CT molecular complexity index is 1280. The third-order valence-corrected chi connectivity index (χ3v) is 6.25. The molecule has 0 amide bonds. The van der Waals surface area contributed by atoms with Gasteiger partial charge in [-0.25, -0.2) is 13.4 Å². The second-order valence-electron chi connectivity index (χ2n) is 6.58. The molecular weight excluding hydrogens is 449 g/mol. The van der Waals surface area contributed by atoms with E-state index in [-0.39, 0.29) is 22.0 Å². The summed E-state index contributed by atoms with van der Waals surface area (Å²) in [5.74, 6) is -0.198. The van der Waals surface area contributed by atoms with Crippen LogP contribution in [0.15, 0.2) is 81.6 Å². The molecule has 0 saturated heterocycles. The van der Waals surface area contributed by atoms with Gasteiger partial charge in [0.15, 0.2) is 9.84 Å². The van der Waals surface area contributed by atoms with Crippen LogP contribution in [-0.2, 0) is 9.84 Å². The SMILES string of the molecule is CS(=O)(=O)c1cccc(-c2csc(C(/C=C(\N)C(F)(F)F)=Nc3ccccc3O)c2)c1. The van der Waals surface area contributed by atoms with Crippen LogP contribution in [0, 0.1) is 0 Å². The van der Waals surface area contributed by atoms with E-state index in [0.29, 0.717) is 22.1 Å². The van der Waals surface area contributed by atoms with Gasteiger partial charge in [-0.1, -0.05) is 24.3 Å². The molecule has 3 N–H and O–H groups in total. The van der Waals surface area contributed by atoms with Crippen molar-refractivity contribution < 1.29 is 26.7 Å². The Balaban J connectivity index is 2.10. The van der Waals surface area contributed by atoms with Crippen molar-refractivity contribution in [3.05, 3.63) is 76.6 Å². The smallest absolute Gasteiger partial charge is 0.430 e. The van der Waals surface area contributed by atoms with E-state index < -0.39 is 21.7 Å². The molecule has 31 heavy (non-hydrogen) atoms. The molecule has 0 spiro atoms. The van der Waals surface area contributed by atoms with E-state index in [0.717, 1.165) is 17.6 Å². The van der Waals surface area contributed by atoms with E-state index in [1.807, 2.05) is 0 Å². The number of alkyl halides is 3. The predicted octanol–water partition coefficient (Wildman–Crippen LogP) is 5.05. The Labute approximate surface area is 180 Å². The minimum atomic E-state index is -4.75. The topological polar surface area (TPSA) is 92.8 Å². The second kappa shape index (κ2) is 8.56. The van der Waals surface area contributed by atoms with E-state index in [2.05, 4.69) is 4.99 Å². The van der Waals surface area contributed by atoms with Crippen molar-refractivity contribution in [1.82, 2.24) is 0 Å². The summed E-state index contributed by atoms with van der Waals surface area (Å²) in [6.07, 6.45) is -2.95. The minimum absolute atomic E-state index is 0.0812. The highest BCUT2D eigenvalue weighted by atomic mass is 32.2. The zero-order chi connectivity index (χ0) is 22.8. The number of nitrogens with two attached hydrogens (primary N) is 1. The number of aromatic hydroxyl groups is 1. The monoisotopic (exact) mass is 466 g/mol. The van der Waals surface area contributed by atoms with Gasteiger partial charge >= 0.3 is 6.18 Å². The molecule has 3 rings (SSSR count). The van der Waals surface area contributed by atoms with Crippen LogP contribution in [0.3, 0.4) is 0 Å². The van der Waals surface area contributed by atoms with Gasteiger partial charge in [0.05, 0.1) is 15.5 Å². The first-order valence-electron chi connectivity index (χ1n) is 8.75. The molecule has 1 heterocycles. The van der Waals surface area contributed by atoms with E-state index in [9.17, 15) is 26.7 Å². The highest BCUT2D eigenvalue weighted by Gasteiger charge is 2.32. The number of benzene rings is 2. The maximum atomic E-state index is 13.0. The van der Waals surface area contributed by atoms with Crippen molar-refractivity contribution in [3.63, 3.8) is 0 Å². The third kappa shape index (κ3) is 5.53. The molecule has 5 nitrogen and oxygen atoms in total. The maximum absolute atomic E-state index is 13.0. The Morgan fingerprint density at radius 1 is 1.10 bits per heavy atom. The lowest BCUT2D eigenvalue weighted by atomic mass is 10.1. The Morgan fingerprint density at radius 3 is 2.45 bits per heavy atom. The minimum Gasteiger partial charge on any atom is -0.506 e. The summed E-state index contributed by atoms with van der Waals surface area (Å²) in [6.45, 7) is 0. The molecule has 3 aromatic rings. The molecule has 0 radical (unpaired) electrons. The van der Waals surface area contributed by atoms with Gasteiger partial charge < -0.3 is 10.8 Å². The molecular formula is C21H17F3N2O3S2. The fourth-order valence-electron chi connectivity index (χ4n) is 2.60. The number of halogens is 3. The number of hydrogen-bond donors (Lipinski definition) is 2. The number of sulfone groups is 1. The lowest BCUT2D eigenvalue weighted by molar-refractivity contribution is -0.0925. The molecule has 0 fully saturated rings. The van der Waals surface area contributed by atoms with Crippen LogP contribution in [0.5, 0.6) is 5.75 Å². The first-order chi connectivity index (χ1) is 14.4.